The molecule has 56 valence electrons. The zero-order chi connectivity index (χ0) is 0. The van der Waals surface area contributed by atoms with E-state index in [-0.39, 0.29) is 227 Å². The summed E-state index contributed by atoms with van der Waals surface area (Å²) >= 11 is 0. The molecule has 0 aromatic rings. The van der Waals surface area contributed by atoms with Gasteiger partial charge in [-0.2, -0.15) is 0 Å². The molecule has 0 aromatic heterocycles. The van der Waals surface area contributed by atoms with Gasteiger partial charge >= 0.3 is 62.6 Å². The first-order valence-corrected chi connectivity index (χ1v) is 0. The van der Waals surface area contributed by atoms with Gasteiger partial charge in [0.2, 0.25) is 0 Å². The Bertz CT molecular complexity index is 26.5. The normalized spacial score (nSPS) is 0. The maximum Gasteiger partial charge on any atom is 2.00 e. The van der Waals surface area contributed by atoms with Crippen LogP contribution in [0.4, 0.5) is 0 Å². The van der Waals surface area contributed by atoms with Gasteiger partial charge in [-0.3, -0.25) is 0 Å². The van der Waals surface area contributed by atoms with Gasteiger partial charge in [-0.05, 0) is 0 Å². The minimum absolute atomic E-state index is 0. The van der Waals surface area contributed by atoms with Gasteiger partial charge in [0.25, 0.3) is 0 Å². The van der Waals surface area contributed by atoms with E-state index in [2.05, 4.69) is 0 Å². The van der Waals surface area contributed by atoms with Crippen molar-refractivity contribution in [2.45, 2.75) is 0 Å². The summed E-state index contributed by atoms with van der Waals surface area (Å²) < 4.78 is 0. The van der Waals surface area contributed by atoms with Crippen molar-refractivity contribution in [3.8, 4) is 0 Å². The average molecular weight is 940 g/mol. The van der Waals surface area contributed by atoms with Crippen LogP contribution in [-0.2, 0) is 40.5 Å². The SMILES string of the molecule is [Dy].[H-].[H-].[La].[Pt].[Ru].[SeH].[Sr+2].[Yb]. The molecule has 0 fully saturated rings. The molecule has 7 heavy (non-hydrogen) atoms. The quantitative estimate of drug-likeness (QED) is 0.280. The van der Waals surface area contributed by atoms with Crippen LogP contribution in [0.1, 0.15) is 2.85 Å². The van der Waals surface area contributed by atoms with Crippen LogP contribution < -0.4 is 0 Å². The fourth-order valence-corrected chi connectivity index (χ4v) is 0. The van der Waals surface area contributed by atoms with Gasteiger partial charge in [-0.1, -0.05) is 0 Å². The zero-order valence-electron chi connectivity index (χ0n) is 4.98. The third-order valence-electron chi connectivity index (χ3n) is 0. The Labute approximate surface area is 219 Å². The Hall–Kier alpha value is 7.30. The molecule has 0 rings (SSSR count). The summed E-state index contributed by atoms with van der Waals surface area (Å²) in [6, 6.07) is 0. The molecule has 0 aliphatic heterocycles. The molecule has 0 aliphatic rings. The van der Waals surface area contributed by atoms with E-state index in [1.807, 2.05) is 0 Å². The Kier molecular flexibility index (Phi) is 256. The maximum atomic E-state index is 0. The minimum Gasteiger partial charge on any atom is 0 e. The smallest absolute Gasteiger partial charge is 0 e. The molecule has 0 aromatic carbocycles. The van der Waals surface area contributed by atoms with Crippen molar-refractivity contribution >= 4 is 62.6 Å². The van der Waals surface area contributed by atoms with E-state index in [1.165, 1.54) is 0 Å². The van der Waals surface area contributed by atoms with Crippen LogP contribution in [0.15, 0.2) is 0 Å². The molecule has 0 atom stereocenters. The van der Waals surface area contributed by atoms with Crippen LogP contribution in [-0.4, -0.2) is 62.6 Å². The summed E-state index contributed by atoms with van der Waals surface area (Å²) in [5, 5.41) is 0. The van der Waals surface area contributed by atoms with Gasteiger partial charge in [0, 0.05) is 161 Å². The average Bonchev–Trinajstić information content (AvgIpc) is 0. The fourth-order valence-electron chi connectivity index (χ4n) is 0. The molecule has 0 saturated heterocycles. The number of rotatable bonds is 0. The van der Waals surface area contributed by atoms with Gasteiger partial charge in [0.05, 0.1) is 0 Å². The van der Waals surface area contributed by atoms with Crippen LogP contribution in [0.2, 0.25) is 0 Å². The summed E-state index contributed by atoms with van der Waals surface area (Å²) in [7, 11) is 0. The van der Waals surface area contributed by atoms with Crippen LogP contribution in [0.3, 0.4) is 0 Å². The first-order chi connectivity index (χ1) is 0. The molecule has 0 unspecified atom stereocenters. The van der Waals surface area contributed by atoms with Crippen molar-refractivity contribution < 1.29 is 164 Å². The second kappa shape index (κ2) is 37.8. The van der Waals surface area contributed by atoms with Crippen molar-refractivity contribution in [1.29, 1.82) is 0 Å². The first kappa shape index (κ1) is 47.5. The fraction of sp³-hybridized carbons (Fsp3) is 0. The summed E-state index contributed by atoms with van der Waals surface area (Å²) in [6.07, 6.45) is 0. The number of hydrogen-bond acceptors (Lipinski definition) is 0. The van der Waals surface area contributed by atoms with E-state index in [9.17, 15) is 0 Å². The van der Waals surface area contributed by atoms with E-state index in [1.54, 1.807) is 0 Å². The van der Waals surface area contributed by atoms with E-state index in [0.29, 0.717) is 0 Å². The molecule has 2 radical (unpaired) electrons. The largest absolute Gasteiger partial charge is 2.00 e. The minimum atomic E-state index is 0. The Morgan fingerprint density at radius 3 is 1.14 bits per heavy atom. The van der Waals surface area contributed by atoms with Gasteiger partial charge in [0.1, 0.15) is 0 Å². The van der Waals surface area contributed by atoms with Crippen molar-refractivity contribution in [1.82, 2.24) is 0 Å². The summed E-state index contributed by atoms with van der Waals surface area (Å²) in [6.45, 7) is 0. The predicted molar refractivity (Wildman–Crippen MR) is 15.1 cm³/mol. The van der Waals surface area contributed by atoms with Crippen LogP contribution >= 0.6 is 0 Å². The van der Waals surface area contributed by atoms with Crippen molar-refractivity contribution in [3.63, 3.8) is 0 Å². The van der Waals surface area contributed by atoms with E-state index in [4.69, 9.17) is 0 Å². The second-order valence-corrected chi connectivity index (χ2v) is 0. The summed E-state index contributed by atoms with van der Waals surface area (Å²) in [4.78, 5) is 0. The first-order valence-electron chi connectivity index (χ1n) is 0. The maximum absolute atomic E-state index is 0. The van der Waals surface area contributed by atoms with Gasteiger partial charge < -0.3 is 2.85 Å². The molecule has 7 heteroatoms. The third-order valence-corrected chi connectivity index (χ3v) is 0. The van der Waals surface area contributed by atoms with Crippen molar-refractivity contribution in [2.24, 2.45) is 0 Å². The monoisotopic (exact) mass is 944 g/mol. The molecule has 0 saturated carbocycles. The number of hydrogen-bond donors (Lipinski definition) is 0. The summed E-state index contributed by atoms with van der Waals surface area (Å²) in [5.41, 5.74) is 0. The molecule has 0 heterocycles. The predicted octanol–water partition coefficient (Wildman–Crippen LogP) is -0.809. The third kappa shape index (κ3) is 31.9. The van der Waals surface area contributed by atoms with Crippen molar-refractivity contribution in [3.05, 3.63) is 0 Å². The molecule has 0 nitrogen and oxygen atoms in total. The van der Waals surface area contributed by atoms with E-state index in [0.717, 1.165) is 0 Å². The van der Waals surface area contributed by atoms with Crippen molar-refractivity contribution in [2.75, 3.05) is 0 Å². The second-order valence-electron chi connectivity index (χ2n) is 0. The Morgan fingerprint density at radius 1 is 1.14 bits per heavy atom. The van der Waals surface area contributed by atoms with Crippen LogP contribution in [0.25, 0.3) is 0 Å². The molecular weight excluding hydrogens is 937 g/mol. The van der Waals surface area contributed by atoms with Crippen LogP contribution in [0, 0.1) is 121 Å². The van der Waals surface area contributed by atoms with Gasteiger partial charge in [0.15, 0.2) is 0 Å². The molecule has 0 spiro atoms. The zero-order valence-corrected chi connectivity index (χ0v) is 19.7. The molecule has 0 N–H and O–H groups in total. The van der Waals surface area contributed by atoms with E-state index < -0.39 is 0 Å². The Balaban J connectivity index is 0. The molecular formula is H3DyLaPtRuSeSrYb. The topological polar surface area (TPSA) is 0 Å². The molecule has 0 amide bonds. The molecule has 0 aliphatic carbocycles. The molecule has 0 bridgehead atoms. The van der Waals surface area contributed by atoms with Crippen LogP contribution in [0.5, 0.6) is 0 Å². The Morgan fingerprint density at radius 2 is 1.14 bits per heavy atom. The van der Waals surface area contributed by atoms with Gasteiger partial charge in [-0.15, -0.1) is 0 Å². The van der Waals surface area contributed by atoms with E-state index >= 15 is 0 Å². The van der Waals surface area contributed by atoms with Gasteiger partial charge in [-0.25, -0.2) is 0 Å². The summed E-state index contributed by atoms with van der Waals surface area (Å²) in [5.74, 6) is 0. The standard InChI is InChI=1S/Dy.La.Pt.Ru.HSe.Sr.Yb.2H/h;;;;1H;;;;/q;;;;;+2;;2*-1.